The maximum Gasteiger partial charge on any atom is 0.244 e. The molecule has 0 spiro atoms. The van der Waals surface area contributed by atoms with Crippen molar-refractivity contribution in [3.8, 4) is 5.75 Å². The first-order chi connectivity index (χ1) is 9.36. The van der Waals surface area contributed by atoms with Crippen LogP contribution in [0.15, 0.2) is 24.3 Å². The number of benzene rings is 1. The Morgan fingerprint density at radius 1 is 1.26 bits per heavy atom. The SMILES string of the molecule is O=C([C@H]1CCCCN1)N1CCCOc2ccccc21. The van der Waals surface area contributed by atoms with Crippen LogP contribution in [0.3, 0.4) is 0 Å². The van der Waals surface area contributed by atoms with Crippen molar-refractivity contribution in [1.29, 1.82) is 0 Å². The second kappa shape index (κ2) is 5.61. The maximum atomic E-state index is 12.7. The summed E-state index contributed by atoms with van der Waals surface area (Å²) in [5.41, 5.74) is 0.914. The Balaban J connectivity index is 1.84. The fourth-order valence-electron chi connectivity index (χ4n) is 2.81. The lowest BCUT2D eigenvalue weighted by molar-refractivity contribution is -0.121. The molecule has 1 saturated heterocycles. The van der Waals surface area contributed by atoms with E-state index >= 15 is 0 Å². The molecule has 102 valence electrons. The maximum absolute atomic E-state index is 12.7. The van der Waals surface area contributed by atoms with E-state index in [0.717, 1.165) is 43.8 Å². The highest BCUT2D eigenvalue weighted by Crippen LogP contribution is 2.31. The molecule has 3 rings (SSSR count). The number of nitrogens with zero attached hydrogens (tertiary/aromatic N) is 1. The van der Waals surface area contributed by atoms with Crippen molar-refractivity contribution in [2.75, 3.05) is 24.6 Å². The molecule has 2 aliphatic heterocycles. The van der Waals surface area contributed by atoms with Gasteiger partial charge < -0.3 is 15.0 Å². The minimum absolute atomic E-state index is 0.0279. The monoisotopic (exact) mass is 260 g/mol. The van der Waals surface area contributed by atoms with Gasteiger partial charge in [0, 0.05) is 6.54 Å². The Kier molecular flexibility index (Phi) is 3.69. The zero-order chi connectivity index (χ0) is 13.1. The average Bonchev–Trinajstić information content (AvgIpc) is 2.70. The first-order valence-corrected chi connectivity index (χ1v) is 7.13. The van der Waals surface area contributed by atoms with Crippen LogP contribution in [0, 0.1) is 0 Å². The highest BCUT2D eigenvalue weighted by atomic mass is 16.5. The van der Waals surface area contributed by atoms with Crippen molar-refractivity contribution in [2.24, 2.45) is 0 Å². The third kappa shape index (κ3) is 2.59. The van der Waals surface area contributed by atoms with E-state index in [0.29, 0.717) is 6.61 Å². The molecule has 1 atom stereocenters. The number of carbonyl (C=O) groups excluding carboxylic acids is 1. The number of nitrogens with one attached hydrogen (secondary N) is 1. The van der Waals surface area contributed by atoms with Gasteiger partial charge in [0.15, 0.2) is 0 Å². The van der Waals surface area contributed by atoms with Gasteiger partial charge in [0.2, 0.25) is 5.91 Å². The van der Waals surface area contributed by atoms with Crippen molar-refractivity contribution in [3.05, 3.63) is 24.3 Å². The topological polar surface area (TPSA) is 41.6 Å². The molecule has 2 heterocycles. The number of para-hydroxylation sites is 2. The molecule has 0 aliphatic carbocycles. The van der Waals surface area contributed by atoms with Crippen LogP contribution in [0.5, 0.6) is 5.75 Å². The number of hydrogen-bond donors (Lipinski definition) is 1. The third-order valence-electron chi connectivity index (χ3n) is 3.81. The van der Waals surface area contributed by atoms with Crippen LogP contribution >= 0.6 is 0 Å². The first-order valence-electron chi connectivity index (χ1n) is 7.13. The van der Waals surface area contributed by atoms with Gasteiger partial charge in [-0.25, -0.2) is 0 Å². The number of carbonyl (C=O) groups is 1. The Morgan fingerprint density at radius 3 is 3.00 bits per heavy atom. The van der Waals surface area contributed by atoms with Gasteiger partial charge in [-0.05, 0) is 37.9 Å². The first kappa shape index (κ1) is 12.5. The molecule has 0 bridgehead atoms. The van der Waals surface area contributed by atoms with Crippen molar-refractivity contribution >= 4 is 11.6 Å². The van der Waals surface area contributed by atoms with Gasteiger partial charge in [-0.15, -0.1) is 0 Å². The van der Waals surface area contributed by atoms with Crippen molar-refractivity contribution < 1.29 is 9.53 Å². The Morgan fingerprint density at radius 2 is 2.16 bits per heavy atom. The molecule has 4 nitrogen and oxygen atoms in total. The van der Waals surface area contributed by atoms with E-state index in [4.69, 9.17) is 4.74 Å². The van der Waals surface area contributed by atoms with Crippen molar-refractivity contribution in [2.45, 2.75) is 31.7 Å². The van der Waals surface area contributed by atoms with Crippen molar-refractivity contribution in [3.63, 3.8) is 0 Å². The Bertz CT molecular complexity index is 455. The average molecular weight is 260 g/mol. The normalized spacial score (nSPS) is 23.2. The summed E-state index contributed by atoms with van der Waals surface area (Å²) in [4.78, 5) is 14.6. The second-order valence-electron chi connectivity index (χ2n) is 5.16. The number of piperidine rings is 1. The number of amides is 1. The van der Waals surface area contributed by atoms with E-state index in [1.807, 2.05) is 29.2 Å². The minimum Gasteiger partial charge on any atom is -0.491 e. The molecule has 2 aliphatic rings. The molecule has 1 N–H and O–H groups in total. The van der Waals surface area contributed by atoms with Crippen LogP contribution in [0.25, 0.3) is 0 Å². The zero-order valence-electron chi connectivity index (χ0n) is 11.1. The standard InChI is InChI=1S/C15H20N2O2/c18-15(12-6-3-4-9-16-12)17-10-5-11-19-14-8-2-1-7-13(14)17/h1-2,7-8,12,16H,3-6,9-11H2/t12-/m1/s1. The number of hydrogen-bond acceptors (Lipinski definition) is 3. The predicted octanol–water partition coefficient (Wildman–Crippen LogP) is 1.94. The van der Waals surface area contributed by atoms with Crippen molar-refractivity contribution in [1.82, 2.24) is 5.32 Å². The lowest BCUT2D eigenvalue weighted by Crippen LogP contribution is -2.49. The summed E-state index contributed by atoms with van der Waals surface area (Å²) >= 11 is 0. The van der Waals surface area contributed by atoms with Crippen LogP contribution in [-0.2, 0) is 4.79 Å². The largest absolute Gasteiger partial charge is 0.491 e. The van der Waals surface area contributed by atoms with E-state index in [1.165, 1.54) is 6.42 Å². The summed E-state index contributed by atoms with van der Waals surface area (Å²) in [6.07, 6.45) is 4.13. The van der Waals surface area contributed by atoms with Gasteiger partial charge in [-0.2, -0.15) is 0 Å². The van der Waals surface area contributed by atoms with Crippen LogP contribution in [-0.4, -0.2) is 31.6 Å². The van der Waals surface area contributed by atoms with Gasteiger partial charge in [0.25, 0.3) is 0 Å². The van der Waals surface area contributed by atoms with Crippen LogP contribution in [0.1, 0.15) is 25.7 Å². The molecule has 0 saturated carbocycles. The fourth-order valence-corrected chi connectivity index (χ4v) is 2.81. The molecular weight excluding hydrogens is 240 g/mol. The van der Waals surface area contributed by atoms with E-state index in [-0.39, 0.29) is 11.9 Å². The zero-order valence-corrected chi connectivity index (χ0v) is 11.1. The molecular formula is C15H20N2O2. The van der Waals surface area contributed by atoms with E-state index < -0.39 is 0 Å². The van der Waals surface area contributed by atoms with Gasteiger partial charge >= 0.3 is 0 Å². The fraction of sp³-hybridized carbons (Fsp3) is 0.533. The van der Waals surface area contributed by atoms with Gasteiger partial charge in [-0.1, -0.05) is 18.6 Å². The molecule has 1 aromatic rings. The van der Waals surface area contributed by atoms with Gasteiger partial charge in [0.1, 0.15) is 5.75 Å². The number of anilines is 1. The van der Waals surface area contributed by atoms with E-state index in [2.05, 4.69) is 5.32 Å². The van der Waals surface area contributed by atoms with Crippen LogP contribution in [0.2, 0.25) is 0 Å². The van der Waals surface area contributed by atoms with Gasteiger partial charge in [-0.3, -0.25) is 4.79 Å². The number of fused-ring (bicyclic) bond motifs is 1. The summed E-state index contributed by atoms with van der Waals surface area (Å²) in [7, 11) is 0. The summed E-state index contributed by atoms with van der Waals surface area (Å²) in [6.45, 7) is 2.37. The molecule has 0 radical (unpaired) electrons. The lowest BCUT2D eigenvalue weighted by atomic mass is 10.0. The highest BCUT2D eigenvalue weighted by Gasteiger charge is 2.28. The Hall–Kier alpha value is -1.55. The van der Waals surface area contributed by atoms with Crippen LogP contribution in [0.4, 0.5) is 5.69 Å². The summed E-state index contributed by atoms with van der Waals surface area (Å²) in [6, 6.07) is 7.80. The van der Waals surface area contributed by atoms with Crippen LogP contribution < -0.4 is 15.0 Å². The molecule has 0 aromatic heterocycles. The molecule has 1 aromatic carbocycles. The van der Waals surface area contributed by atoms with E-state index in [1.54, 1.807) is 0 Å². The molecule has 1 amide bonds. The second-order valence-corrected chi connectivity index (χ2v) is 5.16. The summed E-state index contributed by atoms with van der Waals surface area (Å²) < 4.78 is 5.70. The number of ether oxygens (including phenoxy) is 1. The van der Waals surface area contributed by atoms with E-state index in [9.17, 15) is 4.79 Å². The molecule has 19 heavy (non-hydrogen) atoms. The highest BCUT2D eigenvalue weighted by molar-refractivity contribution is 5.98. The number of rotatable bonds is 1. The van der Waals surface area contributed by atoms with Gasteiger partial charge in [0.05, 0.1) is 18.3 Å². The summed E-state index contributed by atoms with van der Waals surface area (Å²) in [5.74, 6) is 1.02. The predicted molar refractivity (Wildman–Crippen MR) is 74.5 cm³/mol. The summed E-state index contributed by atoms with van der Waals surface area (Å²) in [5, 5.41) is 3.34. The minimum atomic E-state index is -0.0279. The molecule has 0 unspecified atom stereocenters. The molecule has 4 heteroatoms. The lowest BCUT2D eigenvalue weighted by Gasteiger charge is -2.29. The Labute approximate surface area is 113 Å². The molecule has 1 fully saturated rings. The third-order valence-corrected chi connectivity index (χ3v) is 3.81. The quantitative estimate of drug-likeness (QED) is 0.839. The smallest absolute Gasteiger partial charge is 0.244 e.